The molecule has 0 atom stereocenters. The molecule has 0 fully saturated rings. The highest BCUT2D eigenvalue weighted by atomic mass is 14.9. The van der Waals surface area contributed by atoms with E-state index >= 15 is 0 Å². The fourth-order valence-corrected chi connectivity index (χ4v) is 1.04. The third-order valence-electron chi connectivity index (χ3n) is 1.57. The average molecular weight is 158 g/mol. The smallest absolute Gasteiger partial charge is 0.181 e. The second kappa shape index (κ2) is 4.20. The van der Waals surface area contributed by atoms with E-state index in [0.29, 0.717) is 0 Å². The van der Waals surface area contributed by atoms with Crippen LogP contribution in [0.25, 0.3) is 0 Å². The van der Waals surface area contributed by atoms with Crippen LogP contribution in [-0.2, 0) is 6.42 Å². The molecule has 0 heterocycles. The molecule has 1 aromatic rings. The molecule has 1 rings (SSSR count). The van der Waals surface area contributed by atoms with Crippen molar-refractivity contribution in [3.05, 3.63) is 42.5 Å². The maximum atomic E-state index is 8.43. The van der Waals surface area contributed by atoms with Crippen LogP contribution in [0.5, 0.6) is 0 Å². The van der Waals surface area contributed by atoms with Gasteiger partial charge in [-0.15, -0.1) is 6.58 Å². The van der Waals surface area contributed by atoms with Crippen LogP contribution in [0.3, 0.4) is 0 Å². The van der Waals surface area contributed by atoms with E-state index in [0.717, 1.165) is 17.7 Å². The Kier molecular flexibility index (Phi) is 2.92. The van der Waals surface area contributed by atoms with Crippen LogP contribution in [0.2, 0.25) is 0 Å². The van der Waals surface area contributed by atoms with Gasteiger partial charge in [0.05, 0.1) is 5.69 Å². The number of para-hydroxylation sites is 1. The SMILES string of the molecule is C=CCc1ccccc1NC#N. The van der Waals surface area contributed by atoms with Crippen LogP contribution >= 0.6 is 0 Å². The number of allylic oxidation sites excluding steroid dienone is 1. The summed E-state index contributed by atoms with van der Waals surface area (Å²) < 4.78 is 0. The van der Waals surface area contributed by atoms with E-state index in [2.05, 4.69) is 11.9 Å². The zero-order chi connectivity index (χ0) is 8.81. The van der Waals surface area contributed by atoms with E-state index < -0.39 is 0 Å². The molecule has 12 heavy (non-hydrogen) atoms. The molecule has 0 aliphatic rings. The number of rotatable bonds is 3. The van der Waals surface area contributed by atoms with Crippen LogP contribution in [0, 0.1) is 11.5 Å². The molecule has 0 saturated heterocycles. The van der Waals surface area contributed by atoms with Gasteiger partial charge in [0, 0.05) is 0 Å². The van der Waals surface area contributed by atoms with Crippen molar-refractivity contribution in [1.29, 1.82) is 5.26 Å². The number of benzene rings is 1. The molecule has 0 aliphatic carbocycles. The molecular weight excluding hydrogens is 148 g/mol. The van der Waals surface area contributed by atoms with Crippen LogP contribution in [0.4, 0.5) is 5.69 Å². The fraction of sp³-hybridized carbons (Fsp3) is 0.100. The number of nitrogens with zero attached hydrogens (tertiary/aromatic N) is 1. The van der Waals surface area contributed by atoms with Crippen molar-refractivity contribution in [3.8, 4) is 6.19 Å². The normalized spacial score (nSPS) is 8.58. The third-order valence-corrected chi connectivity index (χ3v) is 1.57. The molecule has 2 nitrogen and oxygen atoms in total. The summed E-state index contributed by atoms with van der Waals surface area (Å²) in [6.45, 7) is 3.65. The Morgan fingerprint density at radius 1 is 1.50 bits per heavy atom. The minimum absolute atomic E-state index is 0.783. The highest BCUT2D eigenvalue weighted by Gasteiger charge is 1.96. The van der Waals surface area contributed by atoms with Crippen LogP contribution in [0.1, 0.15) is 5.56 Å². The van der Waals surface area contributed by atoms with Gasteiger partial charge in [-0.2, -0.15) is 5.26 Å². The molecule has 0 bridgehead atoms. The zero-order valence-corrected chi connectivity index (χ0v) is 6.75. The molecule has 0 spiro atoms. The fourth-order valence-electron chi connectivity index (χ4n) is 1.04. The van der Waals surface area contributed by atoms with Gasteiger partial charge in [-0.3, -0.25) is 5.32 Å². The van der Waals surface area contributed by atoms with E-state index in [9.17, 15) is 0 Å². The van der Waals surface area contributed by atoms with Gasteiger partial charge in [0.15, 0.2) is 6.19 Å². The summed E-state index contributed by atoms with van der Waals surface area (Å²) in [6, 6.07) is 7.69. The lowest BCUT2D eigenvalue weighted by Crippen LogP contribution is -1.92. The topological polar surface area (TPSA) is 35.8 Å². The molecule has 0 amide bonds. The Labute approximate surface area is 72.1 Å². The first-order valence-electron chi connectivity index (χ1n) is 3.72. The highest BCUT2D eigenvalue weighted by Crippen LogP contribution is 2.14. The van der Waals surface area contributed by atoms with Gasteiger partial charge in [0.1, 0.15) is 0 Å². The van der Waals surface area contributed by atoms with E-state index in [4.69, 9.17) is 5.26 Å². The largest absolute Gasteiger partial charge is 0.293 e. The predicted molar refractivity (Wildman–Crippen MR) is 49.6 cm³/mol. The summed E-state index contributed by atoms with van der Waals surface area (Å²) in [4.78, 5) is 0. The molecular formula is C10H10N2. The first-order valence-corrected chi connectivity index (χ1v) is 3.72. The van der Waals surface area contributed by atoms with Gasteiger partial charge in [-0.25, -0.2) is 0 Å². The second-order valence-corrected chi connectivity index (χ2v) is 2.39. The minimum atomic E-state index is 0.783. The summed E-state index contributed by atoms with van der Waals surface area (Å²) in [5.41, 5.74) is 1.95. The quantitative estimate of drug-likeness (QED) is 0.416. The Morgan fingerprint density at radius 3 is 2.92 bits per heavy atom. The Balaban J connectivity index is 2.93. The number of hydrogen-bond donors (Lipinski definition) is 1. The van der Waals surface area contributed by atoms with E-state index in [-0.39, 0.29) is 0 Å². The monoisotopic (exact) mass is 158 g/mol. The van der Waals surface area contributed by atoms with Crippen molar-refractivity contribution in [2.24, 2.45) is 0 Å². The lowest BCUT2D eigenvalue weighted by Gasteiger charge is -2.03. The van der Waals surface area contributed by atoms with Crippen molar-refractivity contribution in [3.63, 3.8) is 0 Å². The molecule has 1 N–H and O–H groups in total. The average Bonchev–Trinajstić information content (AvgIpc) is 2.09. The Morgan fingerprint density at radius 2 is 2.25 bits per heavy atom. The molecule has 1 aromatic carbocycles. The standard InChI is InChI=1S/C10H10N2/c1-2-5-9-6-3-4-7-10(9)12-8-11/h2-4,6-7,12H,1,5H2. The first kappa shape index (κ1) is 8.35. The van der Waals surface area contributed by atoms with Gasteiger partial charge in [0.2, 0.25) is 0 Å². The van der Waals surface area contributed by atoms with Gasteiger partial charge in [-0.1, -0.05) is 24.3 Å². The van der Waals surface area contributed by atoms with Crippen molar-refractivity contribution < 1.29 is 0 Å². The van der Waals surface area contributed by atoms with Gasteiger partial charge in [0.25, 0.3) is 0 Å². The lowest BCUT2D eigenvalue weighted by molar-refractivity contribution is 1.27. The van der Waals surface area contributed by atoms with Gasteiger partial charge < -0.3 is 0 Å². The molecule has 0 unspecified atom stereocenters. The second-order valence-electron chi connectivity index (χ2n) is 2.39. The Hall–Kier alpha value is -1.75. The van der Waals surface area contributed by atoms with E-state index in [1.54, 1.807) is 0 Å². The third kappa shape index (κ3) is 1.86. The van der Waals surface area contributed by atoms with Crippen molar-refractivity contribution >= 4 is 5.69 Å². The lowest BCUT2D eigenvalue weighted by atomic mass is 10.1. The number of nitrogens with one attached hydrogen (secondary N) is 1. The molecule has 0 radical (unpaired) electrons. The summed E-state index contributed by atoms with van der Waals surface area (Å²) in [5, 5.41) is 11.0. The molecule has 0 aliphatic heterocycles. The van der Waals surface area contributed by atoms with Crippen LogP contribution in [-0.4, -0.2) is 0 Å². The van der Waals surface area contributed by atoms with Crippen molar-refractivity contribution in [1.82, 2.24) is 0 Å². The number of nitriles is 1. The molecule has 2 heteroatoms. The maximum Gasteiger partial charge on any atom is 0.181 e. The van der Waals surface area contributed by atoms with E-state index in [1.165, 1.54) is 0 Å². The highest BCUT2D eigenvalue weighted by molar-refractivity contribution is 5.54. The summed E-state index contributed by atoms with van der Waals surface area (Å²) in [6.07, 6.45) is 4.50. The van der Waals surface area contributed by atoms with Gasteiger partial charge >= 0.3 is 0 Å². The van der Waals surface area contributed by atoms with Crippen molar-refractivity contribution in [2.45, 2.75) is 6.42 Å². The molecule has 60 valence electrons. The maximum absolute atomic E-state index is 8.43. The molecule has 0 saturated carbocycles. The minimum Gasteiger partial charge on any atom is -0.293 e. The van der Waals surface area contributed by atoms with Crippen LogP contribution < -0.4 is 5.32 Å². The predicted octanol–water partition coefficient (Wildman–Crippen LogP) is 2.31. The van der Waals surface area contributed by atoms with Crippen molar-refractivity contribution in [2.75, 3.05) is 5.32 Å². The summed E-state index contributed by atoms with van der Waals surface area (Å²) in [5.74, 6) is 0. The number of anilines is 1. The summed E-state index contributed by atoms with van der Waals surface area (Å²) >= 11 is 0. The Bertz CT molecular complexity index is 310. The first-order chi connectivity index (χ1) is 5.88. The summed E-state index contributed by atoms with van der Waals surface area (Å²) in [7, 11) is 0. The van der Waals surface area contributed by atoms with E-state index in [1.807, 2.05) is 36.5 Å². The molecule has 0 aromatic heterocycles. The van der Waals surface area contributed by atoms with Gasteiger partial charge in [-0.05, 0) is 18.1 Å². The number of hydrogen-bond acceptors (Lipinski definition) is 2. The van der Waals surface area contributed by atoms with Crippen LogP contribution in [0.15, 0.2) is 36.9 Å². The zero-order valence-electron chi connectivity index (χ0n) is 6.75.